The van der Waals surface area contributed by atoms with Gasteiger partial charge in [-0.15, -0.1) is 0 Å². The van der Waals surface area contributed by atoms with Gasteiger partial charge in [0.25, 0.3) is 0 Å². The third-order valence-corrected chi connectivity index (χ3v) is 2.75. The maximum absolute atomic E-state index is 11.8. The molecule has 1 amide bonds. The molecule has 0 radical (unpaired) electrons. The van der Waals surface area contributed by atoms with Crippen LogP contribution < -0.4 is 10.6 Å². The van der Waals surface area contributed by atoms with Gasteiger partial charge in [-0.2, -0.15) is 0 Å². The number of pyridine rings is 1. The summed E-state index contributed by atoms with van der Waals surface area (Å²) >= 11 is 6.15. The highest BCUT2D eigenvalue weighted by Gasteiger charge is 2.20. The average molecular weight is 286 g/mol. The number of halogens is 1. The van der Waals surface area contributed by atoms with E-state index in [-0.39, 0.29) is 6.04 Å². The summed E-state index contributed by atoms with van der Waals surface area (Å²) in [5, 5.41) is 6.24. The summed E-state index contributed by atoms with van der Waals surface area (Å²) in [7, 11) is 1.81. The minimum absolute atomic E-state index is 0.0360. The number of nitrogens with zero attached hydrogens (tertiary/aromatic N) is 1. The van der Waals surface area contributed by atoms with Crippen LogP contribution in [-0.4, -0.2) is 23.7 Å². The number of carbonyl (C=O) groups excluding carboxylic acids is 1. The highest BCUT2D eigenvalue weighted by molar-refractivity contribution is 6.31. The zero-order chi connectivity index (χ0) is 14.6. The van der Waals surface area contributed by atoms with Gasteiger partial charge in [-0.05, 0) is 40.8 Å². The van der Waals surface area contributed by atoms with Gasteiger partial charge in [0.05, 0.1) is 5.02 Å². The van der Waals surface area contributed by atoms with E-state index in [1.165, 1.54) is 0 Å². The Morgan fingerprint density at radius 2 is 2.11 bits per heavy atom. The molecule has 0 aliphatic carbocycles. The number of carbonyl (C=O) groups is 1. The van der Waals surface area contributed by atoms with Crippen LogP contribution in [0.5, 0.6) is 0 Å². The normalized spacial score (nSPS) is 12.9. The summed E-state index contributed by atoms with van der Waals surface area (Å²) in [5.74, 6) is 0.406. The number of hydrogen-bond donors (Lipinski definition) is 2. The lowest BCUT2D eigenvalue weighted by atomic mass is 10.1. The number of hydrogen-bond acceptors (Lipinski definition) is 4. The molecule has 1 aromatic heterocycles. The van der Waals surface area contributed by atoms with Crippen molar-refractivity contribution in [3.05, 3.63) is 22.8 Å². The lowest BCUT2D eigenvalue weighted by Gasteiger charge is -2.21. The number of rotatable bonds is 3. The van der Waals surface area contributed by atoms with E-state index in [9.17, 15) is 4.79 Å². The van der Waals surface area contributed by atoms with Crippen molar-refractivity contribution in [2.45, 2.75) is 39.3 Å². The first-order valence-corrected chi connectivity index (χ1v) is 6.44. The van der Waals surface area contributed by atoms with Gasteiger partial charge in [0, 0.05) is 17.8 Å². The van der Waals surface area contributed by atoms with Gasteiger partial charge in [0.2, 0.25) is 0 Å². The first-order valence-electron chi connectivity index (χ1n) is 6.06. The van der Waals surface area contributed by atoms with Crippen molar-refractivity contribution in [1.82, 2.24) is 10.3 Å². The van der Waals surface area contributed by atoms with Crippen molar-refractivity contribution in [1.29, 1.82) is 0 Å². The van der Waals surface area contributed by atoms with Crippen molar-refractivity contribution in [3.8, 4) is 0 Å². The first kappa shape index (κ1) is 15.7. The molecule has 106 valence electrons. The summed E-state index contributed by atoms with van der Waals surface area (Å²) in [5.41, 5.74) is 0.176. The summed E-state index contributed by atoms with van der Waals surface area (Å²) in [6.45, 7) is 7.34. The Labute approximate surface area is 118 Å². The van der Waals surface area contributed by atoms with Crippen molar-refractivity contribution in [2.75, 3.05) is 12.4 Å². The Hall–Kier alpha value is -1.33. The van der Waals surface area contributed by atoms with Crippen LogP contribution >= 0.6 is 11.6 Å². The fraction of sp³-hybridized carbons (Fsp3) is 0.538. The molecule has 0 fully saturated rings. The monoisotopic (exact) mass is 285 g/mol. The highest BCUT2D eigenvalue weighted by Crippen LogP contribution is 2.28. The molecule has 1 heterocycles. The smallest absolute Gasteiger partial charge is 0.413 e. The zero-order valence-corrected chi connectivity index (χ0v) is 12.6. The molecule has 19 heavy (non-hydrogen) atoms. The maximum atomic E-state index is 11.8. The Morgan fingerprint density at radius 1 is 1.47 bits per heavy atom. The van der Waals surface area contributed by atoms with E-state index < -0.39 is 11.7 Å². The fourth-order valence-corrected chi connectivity index (χ4v) is 1.82. The van der Waals surface area contributed by atoms with Gasteiger partial charge in [0.1, 0.15) is 11.4 Å². The van der Waals surface area contributed by atoms with Crippen LogP contribution in [0, 0.1) is 0 Å². The second kappa shape index (κ2) is 6.21. The third kappa shape index (κ3) is 4.69. The van der Waals surface area contributed by atoms with E-state index in [1.54, 1.807) is 33.0 Å². The molecule has 1 unspecified atom stereocenters. The Bertz CT molecular complexity index is 458. The minimum atomic E-state index is -0.558. The van der Waals surface area contributed by atoms with Gasteiger partial charge in [0.15, 0.2) is 0 Å². The Kier molecular flexibility index (Phi) is 5.14. The minimum Gasteiger partial charge on any atom is -0.444 e. The molecule has 0 saturated heterocycles. The molecule has 6 heteroatoms. The van der Waals surface area contributed by atoms with Crippen LogP contribution in [0.2, 0.25) is 5.02 Å². The molecule has 0 saturated carbocycles. The van der Waals surface area contributed by atoms with E-state index in [1.807, 2.05) is 14.0 Å². The summed E-state index contributed by atoms with van der Waals surface area (Å²) < 4.78 is 5.20. The summed E-state index contributed by atoms with van der Waals surface area (Å²) in [6, 6.07) is 1.65. The summed E-state index contributed by atoms with van der Waals surface area (Å²) in [6.07, 6.45) is 0.993. The van der Waals surface area contributed by atoms with Gasteiger partial charge < -0.3 is 10.1 Å². The first-order chi connectivity index (χ1) is 8.74. The number of ether oxygens (including phenoxy) is 1. The lowest BCUT2D eigenvalue weighted by molar-refractivity contribution is 0.0635. The molecule has 1 rings (SSSR count). The second-order valence-electron chi connectivity index (χ2n) is 5.19. The molecule has 5 nitrogen and oxygen atoms in total. The molecule has 0 aliphatic heterocycles. The standard InChI is InChI=1S/C13H20ClN3O2/c1-8(15-5)10-9(14)6-7-16-11(10)17-12(18)19-13(2,3)4/h6-8,15H,1-5H3,(H,16,17,18). The predicted molar refractivity (Wildman–Crippen MR) is 76.6 cm³/mol. The third-order valence-electron chi connectivity index (χ3n) is 2.42. The molecule has 0 spiro atoms. The van der Waals surface area contributed by atoms with Gasteiger partial charge in [-0.1, -0.05) is 11.6 Å². The van der Waals surface area contributed by atoms with Gasteiger partial charge in [-0.25, -0.2) is 9.78 Å². The average Bonchev–Trinajstić information content (AvgIpc) is 2.25. The molecular formula is C13H20ClN3O2. The molecule has 1 atom stereocenters. The largest absolute Gasteiger partial charge is 0.444 e. The van der Waals surface area contributed by atoms with Crippen LogP contribution in [0.1, 0.15) is 39.3 Å². The second-order valence-corrected chi connectivity index (χ2v) is 5.60. The Balaban J connectivity index is 2.95. The van der Waals surface area contributed by atoms with E-state index >= 15 is 0 Å². The number of amides is 1. The SMILES string of the molecule is CNC(C)c1c(Cl)ccnc1NC(=O)OC(C)(C)C. The molecule has 0 aliphatic rings. The van der Waals surface area contributed by atoms with Crippen molar-refractivity contribution in [2.24, 2.45) is 0 Å². The van der Waals surface area contributed by atoms with Crippen molar-refractivity contribution in [3.63, 3.8) is 0 Å². The molecule has 0 aromatic carbocycles. The number of nitrogens with one attached hydrogen (secondary N) is 2. The van der Waals surface area contributed by atoms with Gasteiger partial charge in [-0.3, -0.25) is 5.32 Å². The number of aromatic nitrogens is 1. The molecule has 2 N–H and O–H groups in total. The van der Waals surface area contributed by atoms with Crippen molar-refractivity contribution >= 4 is 23.5 Å². The maximum Gasteiger partial charge on any atom is 0.413 e. The number of anilines is 1. The highest BCUT2D eigenvalue weighted by atomic mass is 35.5. The van der Waals surface area contributed by atoms with E-state index in [0.29, 0.717) is 10.8 Å². The van der Waals surface area contributed by atoms with Crippen molar-refractivity contribution < 1.29 is 9.53 Å². The van der Waals surface area contributed by atoms with Crippen LogP contribution in [0.15, 0.2) is 12.3 Å². The zero-order valence-electron chi connectivity index (χ0n) is 11.9. The van der Waals surface area contributed by atoms with E-state index in [0.717, 1.165) is 5.56 Å². The quantitative estimate of drug-likeness (QED) is 0.894. The predicted octanol–water partition coefficient (Wildman–Crippen LogP) is 3.36. The molecular weight excluding hydrogens is 266 g/mol. The van der Waals surface area contributed by atoms with Crippen LogP contribution in [0.3, 0.4) is 0 Å². The fourth-order valence-electron chi connectivity index (χ4n) is 1.51. The topological polar surface area (TPSA) is 63.2 Å². The van der Waals surface area contributed by atoms with Crippen LogP contribution in [-0.2, 0) is 4.74 Å². The van der Waals surface area contributed by atoms with Gasteiger partial charge >= 0.3 is 6.09 Å². The Morgan fingerprint density at radius 3 is 2.63 bits per heavy atom. The molecule has 1 aromatic rings. The summed E-state index contributed by atoms with van der Waals surface area (Å²) in [4.78, 5) is 15.9. The van der Waals surface area contributed by atoms with Crippen LogP contribution in [0.25, 0.3) is 0 Å². The lowest BCUT2D eigenvalue weighted by Crippen LogP contribution is -2.28. The van der Waals surface area contributed by atoms with E-state index in [2.05, 4.69) is 15.6 Å². The van der Waals surface area contributed by atoms with E-state index in [4.69, 9.17) is 16.3 Å². The van der Waals surface area contributed by atoms with Crippen LogP contribution in [0.4, 0.5) is 10.6 Å². The molecule has 0 bridgehead atoms.